The third kappa shape index (κ3) is 3.69. The molecule has 0 saturated heterocycles. The van der Waals surface area contributed by atoms with Gasteiger partial charge in [-0.25, -0.2) is 0 Å². The molecule has 0 aliphatic heterocycles. The van der Waals surface area contributed by atoms with Gasteiger partial charge in [0.2, 0.25) is 5.91 Å². The van der Waals surface area contributed by atoms with Gasteiger partial charge in [-0.3, -0.25) is 4.79 Å². The Bertz CT molecular complexity index is 550. The van der Waals surface area contributed by atoms with E-state index in [1.54, 1.807) is 7.05 Å². The van der Waals surface area contributed by atoms with Crippen molar-refractivity contribution in [1.29, 1.82) is 5.26 Å². The first kappa shape index (κ1) is 16.9. The zero-order valence-corrected chi connectivity index (χ0v) is 13.4. The molecular weight excluding hydrogens is 266 g/mol. The lowest BCUT2D eigenvalue weighted by atomic mass is 10.0. The van der Waals surface area contributed by atoms with Crippen LogP contribution in [0, 0.1) is 17.2 Å². The van der Waals surface area contributed by atoms with Crippen LogP contribution in [0.15, 0.2) is 0 Å². The van der Waals surface area contributed by atoms with Gasteiger partial charge < -0.3 is 10.2 Å². The van der Waals surface area contributed by atoms with Gasteiger partial charge in [-0.15, -0.1) is 5.10 Å². The Hall–Kier alpha value is -2.16. The number of aromatic nitrogens is 2. The molecule has 0 spiro atoms. The van der Waals surface area contributed by atoms with Gasteiger partial charge in [0.1, 0.15) is 11.6 Å². The SMILES string of the molecule is CCc1nnc(N(C)CC(C)C(=O)NC)c(C#N)c1CC. The maximum Gasteiger partial charge on any atom is 0.224 e. The molecule has 1 heterocycles. The Balaban J connectivity index is 3.13. The van der Waals surface area contributed by atoms with E-state index in [0.29, 0.717) is 17.9 Å². The quantitative estimate of drug-likeness (QED) is 0.853. The highest BCUT2D eigenvalue weighted by atomic mass is 16.1. The number of carbonyl (C=O) groups excluding carboxylic acids is 1. The molecule has 1 atom stereocenters. The number of anilines is 1. The van der Waals surface area contributed by atoms with Crippen molar-refractivity contribution >= 4 is 11.7 Å². The molecule has 114 valence electrons. The Morgan fingerprint density at radius 2 is 2.05 bits per heavy atom. The van der Waals surface area contributed by atoms with Crippen LogP contribution in [0.1, 0.15) is 37.6 Å². The minimum Gasteiger partial charge on any atom is -0.359 e. The number of hydrogen-bond donors (Lipinski definition) is 1. The van der Waals surface area contributed by atoms with Gasteiger partial charge in [0.05, 0.1) is 11.6 Å². The maximum atomic E-state index is 11.6. The lowest BCUT2D eigenvalue weighted by Gasteiger charge is -2.23. The van der Waals surface area contributed by atoms with E-state index in [4.69, 9.17) is 0 Å². The fraction of sp³-hybridized carbons (Fsp3) is 0.600. The van der Waals surface area contributed by atoms with Crippen LogP contribution >= 0.6 is 0 Å². The number of aryl methyl sites for hydroxylation is 1. The maximum absolute atomic E-state index is 11.6. The number of rotatable bonds is 6. The predicted molar refractivity (Wildman–Crippen MR) is 82.0 cm³/mol. The molecule has 21 heavy (non-hydrogen) atoms. The highest BCUT2D eigenvalue weighted by Gasteiger charge is 2.20. The molecule has 0 saturated carbocycles. The normalized spacial score (nSPS) is 11.6. The zero-order valence-electron chi connectivity index (χ0n) is 13.4. The Morgan fingerprint density at radius 3 is 2.52 bits per heavy atom. The lowest BCUT2D eigenvalue weighted by molar-refractivity contribution is -0.123. The Labute approximate surface area is 126 Å². The second kappa shape index (κ2) is 7.58. The molecule has 1 aromatic heterocycles. The zero-order chi connectivity index (χ0) is 16.0. The van der Waals surface area contributed by atoms with Crippen LogP contribution < -0.4 is 10.2 Å². The smallest absolute Gasteiger partial charge is 0.224 e. The number of carbonyl (C=O) groups is 1. The fourth-order valence-corrected chi connectivity index (χ4v) is 2.37. The molecule has 1 rings (SSSR count). The topological polar surface area (TPSA) is 81.9 Å². The van der Waals surface area contributed by atoms with E-state index >= 15 is 0 Å². The minimum absolute atomic E-state index is 0.0331. The van der Waals surface area contributed by atoms with Crippen molar-refractivity contribution < 1.29 is 4.79 Å². The van der Waals surface area contributed by atoms with Crippen LogP contribution in [-0.4, -0.2) is 36.7 Å². The Morgan fingerprint density at radius 1 is 1.38 bits per heavy atom. The lowest BCUT2D eigenvalue weighted by Crippen LogP contribution is -2.35. The van der Waals surface area contributed by atoms with Crippen molar-refractivity contribution in [1.82, 2.24) is 15.5 Å². The summed E-state index contributed by atoms with van der Waals surface area (Å²) < 4.78 is 0. The average molecular weight is 289 g/mol. The summed E-state index contributed by atoms with van der Waals surface area (Å²) in [6, 6.07) is 2.24. The van der Waals surface area contributed by atoms with Crippen molar-refractivity contribution in [3.8, 4) is 6.07 Å². The van der Waals surface area contributed by atoms with Crippen LogP contribution in [0.3, 0.4) is 0 Å². The van der Waals surface area contributed by atoms with Crippen LogP contribution in [0.2, 0.25) is 0 Å². The average Bonchev–Trinajstić information content (AvgIpc) is 2.51. The van der Waals surface area contributed by atoms with E-state index in [1.807, 2.05) is 32.7 Å². The van der Waals surface area contributed by atoms with Crippen molar-refractivity contribution in [2.45, 2.75) is 33.6 Å². The first-order chi connectivity index (χ1) is 9.99. The van der Waals surface area contributed by atoms with Crippen molar-refractivity contribution in [3.63, 3.8) is 0 Å². The van der Waals surface area contributed by atoms with Crippen molar-refractivity contribution in [3.05, 3.63) is 16.8 Å². The number of nitrogens with zero attached hydrogens (tertiary/aromatic N) is 4. The number of nitrogens with one attached hydrogen (secondary N) is 1. The largest absolute Gasteiger partial charge is 0.359 e. The molecule has 0 radical (unpaired) electrons. The first-order valence-electron chi connectivity index (χ1n) is 7.21. The minimum atomic E-state index is -0.190. The summed E-state index contributed by atoms with van der Waals surface area (Å²) in [5, 5.41) is 20.5. The van der Waals surface area contributed by atoms with E-state index < -0.39 is 0 Å². The second-order valence-corrected chi connectivity index (χ2v) is 5.04. The van der Waals surface area contributed by atoms with Gasteiger partial charge in [0.15, 0.2) is 5.82 Å². The fourth-order valence-electron chi connectivity index (χ4n) is 2.37. The molecule has 6 heteroatoms. The summed E-state index contributed by atoms with van der Waals surface area (Å²) in [5.41, 5.74) is 2.38. The van der Waals surface area contributed by atoms with Gasteiger partial charge in [-0.05, 0) is 18.4 Å². The molecule has 0 aromatic carbocycles. The van der Waals surface area contributed by atoms with Gasteiger partial charge in [-0.1, -0.05) is 20.8 Å². The molecule has 0 fully saturated rings. The monoisotopic (exact) mass is 289 g/mol. The summed E-state index contributed by atoms with van der Waals surface area (Å²) in [6.45, 7) is 6.34. The molecule has 0 aliphatic rings. The second-order valence-electron chi connectivity index (χ2n) is 5.04. The van der Waals surface area contributed by atoms with Gasteiger partial charge >= 0.3 is 0 Å². The third-order valence-corrected chi connectivity index (χ3v) is 3.54. The summed E-state index contributed by atoms with van der Waals surface area (Å²) in [5.74, 6) is 0.320. The van der Waals surface area contributed by atoms with E-state index in [2.05, 4.69) is 21.6 Å². The van der Waals surface area contributed by atoms with Crippen molar-refractivity contribution in [2.24, 2.45) is 5.92 Å². The molecule has 0 aliphatic carbocycles. The molecule has 6 nitrogen and oxygen atoms in total. The Kier molecular flexibility index (Phi) is 6.10. The molecule has 1 N–H and O–H groups in total. The summed E-state index contributed by atoms with van der Waals surface area (Å²) >= 11 is 0. The highest BCUT2D eigenvalue weighted by molar-refractivity contribution is 5.78. The van der Waals surface area contributed by atoms with E-state index in [9.17, 15) is 10.1 Å². The molecule has 1 unspecified atom stereocenters. The standard InChI is InChI=1S/C15H23N5O/c1-6-11-12(8-16)14(19-18-13(11)7-2)20(5)9-10(3)15(21)17-4/h10H,6-7,9H2,1-5H3,(H,17,21). The molecule has 1 aromatic rings. The number of nitriles is 1. The van der Waals surface area contributed by atoms with Crippen molar-refractivity contribution in [2.75, 3.05) is 25.5 Å². The summed E-state index contributed by atoms with van der Waals surface area (Å²) in [6.07, 6.45) is 1.50. The van der Waals surface area contributed by atoms with Crippen LogP contribution in [0.5, 0.6) is 0 Å². The third-order valence-electron chi connectivity index (χ3n) is 3.54. The molecule has 1 amide bonds. The van der Waals surface area contributed by atoms with Gasteiger partial charge in [-0.2, -0.15) is 10.4 Å². The van der Waals surface area contributed by atoms with E-state index in [1.165, 1.54) is 0 Å². The van der Waals surface area contributed by atoms with E-state index in [-0.39, 0.29) is 11.8 Å². The van der Waals surface area contributed by atoms with Crippen LogP contribution in [0.25, 0.3) is 0 Å². The highest BCUT2D eigenvalue weighted by Crippen LogP contribution is 2.23. The number of amides is 1. The molecule has 0 bridgehead atoms. The van der Waals surface area contributed by atoms with Gasteiger partial charge in [0, 0.05) is 20.6 Å². The van der Waals surface area contributed by atoms with Gasteiger partial charge in [0.25, 0.3) is 0 Å². The van der Waals surface area contributed by atoms with Crippen LogP contribution in [-0.2, 0) is 17.6 Å². The summed E-state index contributed by atoms with van der Waals surface area (Å²) in [4.78, 5) is 13.4. The summed E-state index contributed by atoms with van der Waals surface area (Å²) in [7, 11) is 3.44. The van der Waals surface area contributed by atoms with E-state index in [0.717, 1.165) is 24.1 Å². The van der Waals surface area contributed by atoms with Crippen LogP contribution in [0.4, 0.5) is 5.82 Å². The molecular formula is C15H23N5O. The number of hydrogen-bond acceptors (Lipinski definition) is 5. The first-order valence-corrected chi connectivity index (χ1v) is 7.21. The predicted octanol–water partition coefficient (Wildman–Crippen LogP) is 1.29.